The second-order valence-electron chi connectivity index (χ2n) is 20.5. The van der Waals surface area contributed by atoms with Crippen molar-refractivity contribution >= 4 is 0 Å². The van der Waals surface area contributed by atoms with Gasteiger partial charge in [-0.25, -0.2) is 0 Å². The minimum absolute atomic E-state index is 0.111. The van der Waals surface area contributed by atoms with Crippen LogP contribution in [0.15, 0.2) is 0 Å². The third-order valence-electron chi connectivity index (χ3n) is 12.7. The van der Waals surface area contributed by atoms with Crippen molar-refractivity contribution in [3.63, 3.8) is 0 Å². The predicted octanol–water partition coefficient (Wildman–Crippen LogP) is 9.26. The van der Waals surface area contributed by atoms with Gasteiger partial charge in [0.25, 0.3) is 0 Å². The van der Waals surface area contributed by atoms with Gasteiger partial charge >= 0.3 is 0 Å². The van der Waals surface area contributed by atoms with E-state index in [1.807, 2.05) is 0 Å². The molecule has 0 spiro atoms. The Morgan fingerprint density at radius 1 is 0.540 bits per heavy atom. The van der Waals surface area contributed by atoms with Gasteiger partial charge in [0.05, 0.1) is 19.8 Å². The highest BCUT2D eigenvalue weighted by Crippen LogP contribution is 2.58. The molecule has 8 heteroatoms. The van der Waals surface area contributed by atoms with Crippen LogP contribution in [0.5, 0.6) is 0 Å². The molecule has 0 aromatic rings. The highest BCUT2D eigenvalue weighted by atomic mass is 16.7. The molecule has 296 valence electrons. The Kier molecular flexibility index (Phi) is 14.6. The van der Waals surface area contributed by atoms with Gasteiger partial charge in [0.2, 0.25) is 0 Å². The van der Waals surface area contributed by atoms with Gasteiger partial charge in [0, 0.05) is 38.8 Å². The maximum absolute atomic E-state index is 8.58. The van der Waals surface area contributed by atoms with Crippen LogP contribution in [0.1, 0.15) is 181 Å². The molecule has 4 N–H and O–H groups in total. The van der Waals surface area contributed by atoms with E-state index < -0.39 is 5.54 Å². The summed E-state index contributed by atoms with van der Waals surface area (Å²) in [6, 6.07) is 0. The molecule has 0 aliphatic carbocycles. The first kappa shape index (κ1) is 44.1. The normalized spacial score (nSPS) is 27.1. The molecule has 8 nitrogen and oxygen atoms in total. The van der Waals surface area contributed by atoms with Crippen LogP contribution in [0, 0.1) is 23.7 Å². The molecule has 3 aliphatic rings. The molecule has 0 amide bonds. The molecule has 3 heterocycles. The summed E-state index contributed by atoms with van der Waals surface area (Å²) in [4.78, 5) is 19.7. The Hall–Kier alpha value is -0.320. The van der Waals surface area contributed by atoms with E-state index in [2.05, 4.69) is 119 Å². The van der Waals surface area contributed by atoms with Crippen LogP contribution >= 0.6 is 0 Å². The van der Waals surface area contributed by atoms with Gasteiger partial charge in [-0.1, -0.05) is 27.2 Å². The zero-order chi connectivity index (χ0) is 38.0. The summed E-state index contributed by atoms with van der Waals surface area (Å²) in [6.45, 7) is 38.3. The number of hydrogen-bond acceptors (Lipinski definition) is 8. The lowest BCUT2D eigenvalue weighted by Gasteiger charge is -2.65. The first-order chi connectivity index (χ1) is 23.0. The smallest absolute Gasteiger partial charge is 0.0683 e. The van der Waals surface area contributed by atoms with Crippen LogP contribution in [0.2, 0.25) is 0 Å². The van der Waals surface area contributed by atoms with Crippen LogP contribution in [0.3, 0.4) is 0 Å². The van der Waals surface area contributed by atoms with Crippen LogP contribution in [0.25, 0.3) is 0 Å². The van der Waals surface area contributed by atoms with E-state index in [4.69, 9.17) is 26.0 Å². The molecule has 0 aromatic heterocycles. The summed E-state index contributed by atoms with van der Waals surface area (Å²) < 4.78 is 0. The van der Waals surface area contributed by atoms with Gasteiger partial charge < -0.3 is 11.5 Å². The summed E-state index contributed by atoms with van der Waals surface area (Å²) in [5, 5.41) is 7.03. The van der Waals surface area contributed by atoms with Crippen molar-refractivity contribution in [3.05, 3.63) is 0 Å². The Labute approximate surface area is 310 Å². The second-order valence-corrected chi connectivity index (χ2v) is 20.5. The molecule has 50 heavy (non-hydrogen) atoms. The quantitative estimate of drug-likeness (QED) is 0.145. The van der Waals surface area contributed by atoms with Crippen LogP contribution in [-0.2, 0) is 14.5 Å². The Morgan fingerprint density at radius 3 is 1.12 bits per heavy atom. The number of hydroxylamine groups is 6. The number of nitrogens with two attached hydrogens (primary N) is 2. The van der Waals surface area contributed by atoms with E-state index in [0.29, 0.717) is 23.7 Å². The topological polar surface area (TPSA) is 89.5 Å². The van der Waals surface area contributed by atoms with Crippen LogP contribution < -0.4 is 11.5 Å². The lowest BCUT2D eigenvalue weighted by Crippen LogP contribution is -2.73. The zero-order valence-corrected chi connectivity index (χ0v) is 35.8. The predicted molar refractivity (Wildman–Crippen MR) is 210 cm³/mol. The fraction of sp³-hybridized carbons (Fsp3) is 1.00. The number of piperidine rings is 3. The highest BCUT2D eigenvalue weighted by Gasteiger charge is 2.62. The SMILES string of the molecule is CCCON1C(C)(C)CC(C(CCCCN)C(N)(C2CC(C)(C)N(OCCC)C(C)(C)C2)C2CC(C)(C)N(OCCC)C(C)(C)C2)CC1(C)C. The monoisotopic (exact) mass is 708 g/mol. The van der Waals surface area contributed by atoms with Crippen molar-refractivity contribution in [2.45, 2.75) is 220 Å². The third kappa shape index (κ3) is 9.48. The number of rotatable bonds is 17. The van der Waals surface area contributed by atoms with E-state index in [1.54, 1.807) is 0 Å². The Bertz CT molecular complexity index is 954. The van der Waals surface area contributed by atoms with Gasteiger partial charge in [-0.2, -0.15) is 15.2 Å². The fourth-order valence-corrected chi connectivity index (χ4v) is 11.8. The molecular formula is C42H85N5O3. The molecule has 0 saturated carbocycles. The summed E-state index contributed by atoms with van der Waals surface area (Å²) in [7, 11) is 0. The molecule has 1 atom stereocenters. The van der Waals surface area contributed by atoms with Crippen molar-refractivity contribution in [1.29, 1.82) is 0 Å². The largest absolute Gasteiger partial charge is 0.330 e. The van der Waals surface area contributed by atoms with E-state index in [-0.39, 0.29) is 33.2 Å². The van der Waals surface area contributed by atoms with Crippen molar-refractivity contribution in [2.24, 2.45) is 35.1 Å². The molecule has 3 fully saturated rings. The van der Waals surface area contributed by atoms with Gasteiger partial charge in [-0.05, 0) is 184 Å². The van der Waals surface area contributed by atoms with Crippen LogP contribution in [-0.4, -0.2) is 80.3 Å². The van der Waals surface area contributed by atoms with Crippen molar-refractivity contribution < 1.29 is 14.5 Å². The lowest BCUT2D eigenvalue weighted by atomic mass is 9.50. The molecule has 3 saturated heterocycles. The number of nitrogens with zero attached hydrogens (tertiary/aromatic N) is 3. The highest BCUT2D eigenvalue weighted by molar-refractivity contribution is 5.15. The van der Waals surface area contributed by atoms with Crippen molar-refractivity contribution in [1.82, 2.24) is 15.2 Å². The zero-order valence-electron chi connectivity index (χ0n) is 35.8. The molecule has 3 rings (SSSR count). The average molecular weight is 708 g/mol. The molecule has 0 aromatic carbocycles. The van der Waals surface area contributed by atoms with E-state index in [0.717, 1.165) is 103 Å². The Morgan fingerprint density at radius 2 is 0.840 bits per heavy atom. The minimum atomic E-state index is -0.394. The van der Waals surface area contributed by atoms with Gasteiger partial charge in [0.1, 0.15) is 0 Å². The fourth-order valence-electron chi connectivity index (χ4n) is 11.8. The summed E-state index contributed by atoms with van der Waals surface area (Å²) in [5.41, 5.74) is 13.5. The number of unbranched alkanes of at least 4 members (excludes halogenated alkanes) is 1. The molecule has 0 radical (unpaired) electrons. The van der Waals surface area contributed by atoms with Crippen molar-refractivity contribution in [3.8, 4) is 0 Å². The molecular weight excluding hydrogens is 622 g/mol. The Balaban J connectivity index is 2.23. The molecule has 1 unspecified atom stereocenters. The van der Waals surface area contributed by atoms with E-state index >= 15 is 0 Å². The van der Waals surface area contributed by atoms with Crippen molar-refractivity contribution in [2.75, 3.05) is 26.4 Å². The molecule has 3 aliphatic heterocycles. The van der Waals surface area contributed by atoms with Gasteiger partial charge in [-0.3, -0.25) is 14.5 Å². The minimum Gasteiger partial charge on any atom is -0.330 e. The standard InChI is InChI=1S/C42H85N5O3/c1-16-23-48-45-36(4,5)26-32(27-37(45,6)7)35(21-19-20-22-43)42(44,33-28-38(8,9)46(49-24-17-2)39(10,11)29-33)34-30-40(12,13)47(50-25-18-3)41(14,15)31-34/h32-35H,16-31,43-44H2,1-15H3. The lowest BCUT2D eigenvalue weighted by molar-refractivity contribution is -0.308. The third-order valence-corrected chi connectivity index (χ3v) is 12.7. The van der Waals surface area contributed by atoms with Gasteiger partial charge in [-0.15, -0.1) is 0 Å². The maximum Gasteiger partial charge on any atom is 0.0683 e. The number of hydrogen-bond donors (Lipinski definition) is 2. The second kappa shape index (κ2) is 16.6. The maximum atomic E-state index is 8.58. The van der Waals surface area contributed by atoms with Crippen LogP contribution in [0.4, 0.5) is 0 Å². The average Bonchev–Trinajstić information content (AvgIpc) is 2.95. The van der Waals surface area contributed by atoms with Gasteiger partial charge in [0.15, 0.2) is 0 Å². The summed E-state index contributed by atoms with van der Waals surface area (Å²) in [6.07, 6.45) is 12.5. The summed E-state index contributed by atoms with van der Waals surface area (Å²) in [5.74, 6) is 1.47. The van der Waals surface area contributed by atoms with E-state index in [9.17, 15) is 0 Å². The molecule has 0 bridgehead atoms. The first-order valence-electron chi connectivity index (χ1n) is 20.8. The van der Waals surface area contributed by atoms with E-state index in [1.165, 1.54) is 0 Å². The summed E-state index contributed by atoms with van der Waals surface area (Å²) >= 11 is 0. The first-order valence-corrected chi connectivity index (χ1v) is 20.8.